The summed E-state index contributed by atoms with van der Waals surface area (Å²) in [5, 5.41) is 6.11. The van der Waals surface area contributed by atoms with Gasteiger partial charge in [-0.1, -0.05) is 17.8 Å². The third-order valence-electron chi connectivity index (χ3n) is 4.81. The van der Waals surface area contributed by atoms with Gasteiger partial charge in [0.05, 0.1) is 18.6 Å². The van der Waals surface area contributed by atoms with Crippen LogP contribution in [0.25, 0.3) is 5.69 Å². The summed E-state index contributed by atoms with van der Waals surface area (Å²) in [6.45, 7) is 1.98. The number of thioether (sulfide) groups is 1. The van der Waals surface area contributed by atoms with Crippen molar-refractivity contribution in [3.8, 4) is 5.69 Å². The first-order valence-corrected chi connectivity index (χ1v) is 11.1. The van der Waals surface area contributed by atoms with Crippen LogP contribution in [0.5, 0.6) is 0 Å². The minimum Gasteiger partial charge on any atom is -0.467 e. The Bertz CT molecular complexity index is 1250. The van der Waals surface area contributed by atoms with Gasteiger partial charge in [0.1, 0.15) is 11.6 Å². The third kappa shape index (κ3) is 5.69. The molecule has 0 aliphatic rings. The van der Waals surface area contributed by atoms with Crippen LogP contribution in [0.2, 0.25) is 0 Å². The second kappa shape index (κ2) is 10.2. The van der Waals surface area contributed by atoms with Gasteiger partial charge < -0.3 is 15.1 Å². The molecule has 33 heavy (non-hydrogen) atoms. The number of halogens is 1. The van der Waals surface area contributed by atoms with Crippen LogP contribution < -0.4 is 10.6 Å². The number of rotatable bonds is 8. The van der Waals surface area contributed by atoms with Crippen molar-refractivity contribution in [1.82, 2.24) is 14.9 Å². The minimum atomic E-state index is -0.367. The van der Waals surface area contributed by atoms with Crippen molar-refractivity contribution in [3.05, 3.63) is 96.0 Å². The number of amides is 2. The molecule has 0 atom stereocenters. The number of imidazole rings is 1. The zero-order chi connectivity index (χ0) is 23.2. The monoisotopic (exact) mass is 464 g/mol. The van der Waals surface area contributed by atoms with Crippen molar-refractivity contribution in [3.63, 3.8) is 0 Å². The number of nitrogens with zero attached hydrogens (tertiary/aromatic N) is 2. The SMILES string of the molecule is Cc1ccc(NC(=O)CSc2nccn2-c2ccc(C(=O)NCc3ccco3)cc2)cc1F. The molecule has 4 rings (SSSR count). The van der Waals surface area contributed by atoms with Crippen LogP contribution in [0, 0.1) is 12.7 Å². The van der Waals surface area contributed by atoms with E-state index in [1.807, 2.05) is 16.7 Å². The highest BCUT2D eigenvalue weighted by Crippen LogP contribution is 2.21. The van der Waals surface area contributed by atoms with Gasteiger partial charge in [-0.25, -0.2) is 9.37 Å². The number of benzene rings is 2. The fourth-order valence-electron chi connectivity index (χ4n) is 3.05. The van der Waals surface area contributed by atoms with E-state index in [4.69, 9.17) is 4.42 Å². The Kier molecular flexibility index (Phi) is 6.89. The van der Waals surface area contributed by atoms with Crippen molar-refractivity contribution >= 4 is 29.3 Å². The van der Waals surface area contributed by atoms with Gasteiger partial charge in [-0.15, -0.1) is 0 Å². The molecule has 2 amide bonds. The molecule has 0 saturated heterocycles. The molecule has 2 aromatic carbocycles. The normalized spacial score (nSPS) is 10.7. The standard InChI is InChI=1S/C24H21FN4O3S/c1-16-4-7-18(13-21(16)25)28-22(30)15-33-24-26-10-11-29(24)19-8-5-17(6-9-19)23(31)27-14-20-3-2-12-32-20/h2-13H,14-15H2,1H3,(H,27,31)(H,28,30). The summed E-state index contributed by atoms with van der Waals surface area (Å²) in [4.78, 5) is 28.9. The average molecular weight is 465 g/mol. The molecule has 0 radical (unpaired) electrons. The number of hydrogen-bond acceptors (Lipinski definition) is 5. The smallest absolute Gasteiger partial charge is 0.251 e. The van der Waals surface area contributed by atoms with Crippen molar-refractivity contribution in [1.29, 1.82) is 0 Å². The number of furan rings is 1. The number of hydrogen-bond donors (Lipinski definition) is 2. The fourth-order valence-corrected chi connectivity index (χ4v) is 3.82. The predicted octanol–water partition coefficient (Wildman–Crippen LogP) is 4.57. The van der Waals surface area contributed by atoms with Gasteiger partial charge in [0.15, 0.2) is 5.16 Å². The zero-order valence-corrected chi connectivity index (χ0v) is 18.6. The van der Waals surface area contributed by atoms with Gasteiger partial charge in [0.25, 0.3) is 5.91 Å². The van der Waals surface area contributed by atoms with E-state index < -0.39 is 0 Å². The lowest BCUT2D eigenvalue weighted by atomic mass is 10.2. The fraction of sp³-hybridized carbons (Fsp3) is 0.125. The molecule has 0 spiro atoms. The summed E-state index contributed by atoms with van der Waals surface area (Å²) >= 11 is 1.26. The van der Waals surface area contributed by atoms with Crippen molar-refractivity contribution in [2.75, 3.05) is 11.1 Å². The van der Waals surface area contributed by atoms with Gasteiger partial charge in [0.2, 0.25) is 5.91 Å². The molecule has 4 aromatic rings. The highest BCUT2D eigenvalue weighted by Gasteiger charge is 2.12. The second-order valence-electron chi connectivity index (χ2n) is 7.19. The third-order valence-corrected chi connectivity index (χ3v) is 5.77. The Balaban J connectivity index is 1.35. The van der Waals surface area contributed by atoms with E-state index in [0.717, 1.165) is 5.69 Å². The van der Waals surface area contributed by atoms with Gasteiger partial charge >= 0.3 is 0 Å². The molecule has 0 fully saturated rings. The Labute approximate surface area is 194 Å². The quantitative estimate of drug-likeness (QED) is 0.373. The number of carbonyl (C=O) groups excluding carboxylic acids is 2. The van der Waals surface area contributed by atoms with Crippen LogP contribution >= 0.6 is 11.8 Å². The molecule has 0 bridgehead atoms. The van der Waals surface area contributed by atoms with Gasteiger partial charge in [-0.2, -0.15) is 0 Å². The van der Waals surface area contributed by atoms with E-state index >= 15 is 0 Å². The van der Waals surface area contributed by atoms with Gasteiger partial charge in [-0.05, 0) is 61.0 Å². The van der Waals surface area contributed by atoms with E-state index in [0.29, 0.717) is 34.3 Å². The Morgan fingerprint density at radius 3 is 2.70 bits per heavy atom. The highest BCUT2D eigenvalue weighted by molar-refractivity contribution is 7.99. The van der Waals surface area contributed by atoms with E-state index in [9.17, 15) is 14.0 Å². The molecule has 0 saturated carbocycles. The lowest BCUT2D eigenvalue weighted by Gasteiger charge is -2.09. The molecular weight excluding hydrogens is 443 g/mol. The summed E-state index contributed by atoms with van der Waals surface area (Å²) in [6.07, 6.45) is 4.98. The first kappa shape index (κ1) is 22.3. The molecule has 168 valence electrons. The van der Waals surface area contributed by atoms with Crippen LogP contribution in [-0.4, -0.2) is 27.1 Å². The van der Waals surface area contributed by atoms with Crippen LogP contribution in [0.3, 0.4) is 0 Å². The Morgan fingerprint density at radius 2 is 1.97 bits per heavy atom. The first-order chi connectivity index (χ1) is 16.0. The summed E-state index contributed by atoms with van der Waals surface area (Å²) in [7, 11) is 0. The van der Waals surface area contributed by atoms with E-state index in [1.165, 1.54) is 17.8 Å². The van der Waals surface area contributed by atoms with E-state index in [1.54, 1.807) is 62.0 Å². The van der Waals surface area contributed by atoms with Crippen molar-refractivity contribution < 1.29 is 18.4 Å². The first-order valence-electron chi connectivity index (χ1n) is 10.1. The van der Waals surface area contributed by atoms with Crippen molar-refractivity contribution in [2.24, 2.45) is 0 Å². The molecular formula is C24H21FN4O3S. The topological polar surface area (TPSA) is 89.2 Å². The van der Waals surface area contributed by atoms with Gasteiger partial charge in [-0.3, -0.25) is 14.2 Å². The Morgan fingerprint density at radius 1 is 1.15 bits per heavy atom. The second-order valence-corrected chi connectivity index (χ2v) is 8.13. The largest absolute Gasteiger partial charge is 0.467 e. The summed E-state index contributed by atoms with van der Waals surface area (Å²) in [6, 6.07) is 15.2. The number of aromatic nitrogens is 2. The van der Waals surface area contributed by atoms with Crippen LogP contribution in [0.1, 0.15) is 21.7 Å². The lowest BCUT2D eigenvalue weighted by Crippen LogP contribution is -2.22. The van der Waals surface area contributed by atoms with Crippen LogP contribution in [0.15, 0.2) is 82.8 Å². The summed E-state index contributed by atoms with van der Waals surface area (Å²) in [5.41, 5.74) is 2.25. The minimum absolute atomic E-state index is 0.111. The lowest BCUT2D eigenvalue weighted by molar-refractivity contribution is -0.113. The zero-order valence-electron chi connectivity index (χ0n) is 17.7. The van der Waals surface area contributed by atoms with E-state index in [2.05, 4.69) is 15.6 Å². The molecule has 0 aliphatic carbocycles. The van der Waals surface area contributed by atoms with Crippen LogP contribution in [0.4, 0.5) is 10.1 Å². The molecule has 9 heteroatoms. The number of anilines is 1. The maximum absolute atomic E-state index is 13.7. The summed E-state index contributed by atoms with van der Waals surface area (Å²) < 4.78 is 20.7. The molecule has 2 N–H and O–H groups in total. The Hall–Kier alpha value is -3.85. The molecule has 7 nitrogen and oxygen atoms in total. The number of nitrogens with one attached hydrogen (secondary N) is 2. The number of carbonyl (C=O) groups is 2. The number of aryl methyl sites for hydroxylation is 1. The maximum atomic E-state index is 13.7. The average Bonchev–Trinajstić information content (AvgIpc) is 3.51. The predicted molar refractivity (Wildman–Crippen MR) is 124 cm³/mol. The van der Waals surface area contributed by atoms with E-state index in [-0.39, 0.29) is 23.4 Å². The molecule has 0 aliphatic heterocycles. The highest BCUT2D eigenvalue weighted by atomic mass is 32.2. The molecule has 0 unspecified atom stereocenters. The maximum Gasteiger partial charge on any atom is 0.251 e. The molecule has 2 aromatic heterocycles. The van der Waals surface area contributed by atoms with Gasteiger partial charge in [0, 0.05) is 29.3 Å². The van der Waals surface area contributed by atoms with Crippen molar-refractivity contribution in [2.45, 2.75) is 18.6 Å². The van der Waals surface area contributed by atoms with Crippen LogP contribution in [-0.2, 0) is 11.3 Å². The summed E-state index contributed by atoms with van der Waals surface area (Å²) in [5.74, 6) is -0.0470. The molecule has 2 heterocycles.